The van der Waals surface area contributed by atoms with E-state index in [-0.39, 0.29) is 22.6 Å². The molecule has 0 bridgehead atoms. The highest BCUT2D eigenvalue weighted by Crippen LogP contribution is 2.42. The highest BCUT2D eigenvalue weighted by atomic mass is 35.5. The minimum Gasteiger partial charge on any atom is -0.434 e. The molecule has 172 valence electrons. The summed E-state index contributed by atoms with van der Waals surface area (Å²) in [6.45, 7) is 0.643. The summed E-state index contributed by atoms with van der Waals surface area (Å²) in [5.41, 5.74) is 1.43. The van der Waals surface area contributed by atoms with Crippen LogP contribution in [0.3, 0.4) is 0 Å². The molecule has 11 heteroatoms. The monoisotopic (exact) mass is 491 g/mol. The Bertz CT molecular complexity index is 1180. The number of anilines is 1. The second-order valence-electron chi connectivity index (χ2n) is 6.40. The number of carbonyl (C=O) groups is 1. The van der Waals surface area contributed by atoms with E-state index in [9.17, 15) is 13.6 Å². The molecule has 0 unspecified atom stereocenters. The topological polar surface area (TPSA) is 88.2 Å². The Hall–Kier alpha value is -3.50. The van der Waals surface area contributed by atoms with Crippen LogP contribution in [0.25, 0.3) is 21.8 Å². The number of pyridine rings is 1. The zero-order valence-electron chi connectivity index (χ0n) is 17.7. The number of thiazole rings is 1. The number of alkyl halides is 2. The smallest absolute Gasteiger partial charge is 0.387 e. The first-order valence-corrected chi connectivity index (χ1v) is 10.8. The number of carbonyl (C=O) groups excluding carboxylic acids is 1. The minimum absolute atomic E-state index is 0.123. The molecule has 3 aromatic rings. The summed E-state index contributed by atoms with van der Waals surface area (Å²) in [5, 5.41) is 9.72. The van der Waals surface area contributed by atoms with Gasteiger partial charge in [0.2, 0.25) is 0 Å². The summed E-state index contributed by atoms with van der Waals surface area (Å²) in [4.78, 5) is 21.6. The number of halogens is 3. The molecule has 2 aromatic heterocycles. The summed E-state index contributed by atoms with van der Waals surface area (Å²) in [5.74, 6) is -0.150. The Balaban J connectivity index is 2.16. The summed E-state index contributed by atoms with van der Waals surface area (Å²) in [7, 11) is 3.31. The standard InChI is InChI=1S/C22H20ClF2N5O2S/c1-4-14(18(26-2)27-3)19(31)30-21-17(29-20(33-21)12-7-9-28-10-8-12)15-11-13(23)5-6-16(15)32-22(24)25/h4-11,22,26-27H,1H2,2-3H3,(H,30,31). The van der Waals surface area contributed by atoms with Crippen molar-refractivity contribution >= 4 is 33.8 Å². The van der Waals surface area contributed by atoms with E-state index in [4.69, 9.17) is 11.6 Å². The van der Waals surface area contributed by atoms with E-state index in [0.717, 1.165) is 5.56 Å². The lowest BCUT2D eigenvalue weighted by Crippen LogP contribution is -2.26. The van der Waals surface area contributed by atoms with Gasteiger partial charge in [0.1, 0.15) is 27.3 Å². The molecule has 3 rings (SSSR count). The van der Waals surface area contributed by atoms with Crippen molar-refractivity contribution in [3.8, 4) is 27.6 Å². The van der Waals surface area contributed by atoms with Crippen LogP contribution in [0.1, 0.15) is 0 Å². The molecule has 0 aliphatic carbocycles. The average molecular weight is 492 g/mol. The van der Waals surface area contributed by atoms with Crippen molar-refractivity contribution < 1.29 is 18.3 Å². The first kappa shape index (κ1) is 24.1. The fourth-order valence-corrected chi connectivity index (χ4v) is 4.12. The van der Waals surface area contributed by atoms with Crippen molar-refractivity contribution in [2.75, 3.05) is 19.4 Å². The highest BCUT2D eigenvalue weighted by molar-refractivity contribution is 7.19. The predicted octanol–water partition coefficient (Wildman–Crippen LogP) is 4.90. The third-order valence-electron chi connectivity index (χ3n) is 4.41. The number of nitrogens with zero attached hydrogens (tertiary/aromatic N) is 2. The molecular formula is C22H20ClF2N5O2S. The number of hydrogen-bond acceptors (Lipinski definition) is 7. The van der Waals surface area contributed by atoms with Gasteiger partial charge in [-0.05, 0) is 30.3 Å². The van der Waals surface area contributed by atoms with Crippen LogP contribution in [0.15, 0.2) is 66.8 Å². The van der Waals surface area contributed by atoms with Gasteiger partial charge in [-0.15, -0.1) is 0 Å². The van der Waals surface area contributed by atoms with E-state index in [1.807, 2.05) is 0 Å². The van der Waals surface area contributed by atoms with Crippen molar-refractivity contribution in [1.82, 2.24) is 20.6 Å². The van der Waals surface area contributed by atoms with Crippen LogP contribution in [0.4, 0.5) is 13.8 Å². The van der Waals surface area contributed by atoms with Gasteiger partial charge in [0, 0.05) is 42.6 Å². The fraction of sp³-hybridized carbons (Fsp3) is 0.136. The second-order valence-corrected chi connectivity index (χ2v) is 7.83. The van der Waals surface area contributed by atoms with Crippen LogP contribution in [0.2, 0.25) is 5.02 Å². The van der Waals surface area contributed by atoms with Crippen molar-refractivity contribution in [3.05, 3.63) is 71.8 Å². The maximum Gasteiger partial charge on any atom is 0.387 e. The number of rotatable bonds is 9. The van der Waals surface area contributed by atoms with Gasteiger partial charge in [0.25, 0.3) is 5.91 Å². The molecule has 0 saturated carbocycles. The van der Waals surface area contributed by atoms with Gasteiger partial charge in [-0.1, -0.05) is 35.6 Å². The number of amides is 1. The molecule has 1 aromatic carbocycles. The number of hydrogen-bond donors (Lipinski definition) is 3. The van der Waals surface area contributed by atoms with Crippen molar-refractivity contribution in [2.45, 2.75) is 6.61 Å². The molecule has 33 heavy (non-hydrogen) atoms. The zero-order valence-corrected chi connectivity index (χ0v) is 19.2. The molecule has 3 N–H and O–H groups in total. The first-order valence-electron chi connectivity index (χ1n) is 9.57. The molecule has 0 spiro atoms. The quantitative estimate of drug-likeness (QED) is 0.291. The molecule has 0 aliphatic rings. The van der Waals surface area contributed by atoms with E-state index in [0.29, 0.717) is 20.9 Å². The summed E-state index contributed by atoms with van der Waals surface area (Å²) < 4.78 is 30.7. The average Bonchev–Trinajstić information content (AvgIpc) is 3.22. The summed E-state index contributed by atoms with van der Waals surface area (Å²) >= 11 is 7.31. The fourth-order valence-electron chi connectivity index (χ4n) is 2.96. The van der Waals surface area contributed by atoms with Gasteiger partial charge >= 0.3 is 6.61 Å². The molecule has 0 fully saturated rings. The van der Waals surface area contributed by atoms with E-state index in [2.05, 4.69) is 37.2 Å². The van der Waals surface area contributed by atoms with Crippen molar-refractivity contribution in [1.29, 1.82) is 0 Å². The number of ether oxygens (including phenoxy) is 1. The third kappa shape index (κ3) is 5.65. The first-order chi connectivity index (χ1) is 15.9. The Morgan fingerprint density at radius 2 is 1.91 bits per heavy atom. The Morgan fingerprint density at radius 1 is 1.21 bits per heavy atom. The van der Waals surface area contributed by atoms with Crippen molar-refractivity contribution in [2.24, 2.45) is 0 Å². The van der Waals surface area contributed by atoms with Crippen LogP contribution in [0, 0.1) is 0 Å². The number of aromatic nitrogens is 2. The molecule has 0 atom stereocenters. The molecule has 0 radical (unpaired) electrons. The van der Waals surface area contributed by atoms with Crippen LogP contribution in [-0.4, -0.2) is 36.6 Å². The SMILES string of the molecule is C=CC(C(=O)Nc1sc(-c2ccncc2)nc1-c1cc(Cl)ccc1OC(F)F)=C(NC)NC. The van der Waals surface area contributed by atoms with Gasteiger partial charge in [-0.2, -0.15) is 8.78 Å². The second kappa shape index (κ2) is 10.9. The van der Waals surface area contributed by atoms with Crippen LogP contribution >= 0.6 is 22.9 Å². The lowest BCUT2D eigenvalue weighted by atomic mass is 10.1. The Labute approximate surface area is 198 Å². The Kier molecular flexibility index (Phi) is 7.96. The lowest BCUT2D eigenvalue weighted by Gasteiger charge is -2.13. The zero-order chi connectivity index (χ0) is 24.0. The predicted molar refractivity (Wildman–Crippen MR) is 126 cm³/mol. The largest absolute Gasteiger partial charge is 0.434 e. The molecule has 7 nitrogen and oxygen atoms in total. The highest BCUT2D eigenvalue weighted by Gasteiger charge is 2.23. The maximum absolute atomic E-state index is 13.0. The third-order valence-corrected chi connectivity index (χ3v) is 5.67. The van der Waals surface area contributed by atoms with Crippen molar-refractivity contribution in [3.63, 3.8) is 0 Å². The maximum atomic E-state index is 13.0. The lowest BCUT2D eigenvalue weighted by molar-refractivity contribution is -0.112. The van der Waals surface area contributed by atoms with Gasteiger partial charge < -0.3 is 20.7 Å². The summed E-state index contributed by atoms with van der Waals surface area (Å²) in [6, 6.07) is 7.71. The van der Waals surface area contributed by atoms with Gasteiger partial charge in [-0.3, -0.25) is 9.78 Å². The van der Waals surface area contributed by atoms with E-state index < -0.39 is 12.5 Å². The normalized spacial score (nSPS) is 10.5. The number of benzene rings is 1. The van der Waals surface area contributed by atoms with Gasteiger partial charge in [0.15, 0.2) is 0 Å². The van der Waals surface area contributed by atoms with Crippen LogP contribution in [-0.2, 0) is 4.79 Å². The van der Waals surface area contributed by atoms with Crippen LogP contribution in [0.5, 0.6) is 5.75 Å². The van der Waals surface area contributed by atoms with Gasteiger partial charge in [-0.25, -0.2) is 4.98 Å². The molecule has 1 amide bonds. The molecule has 0 aliphatic heterocycles. The number of nitrogens with one attached hydrogen (secondary N) is 3. The van der Waals surface area contributed by atoms with E-state index in [1.54, 1.807) is 38.6 Å². The molecular weight excluding hydrogens is 472 g/mol. The Morgan fingerprint density at radius 3 is 2.52 bits per heavy atom. The van der Waals surface area contributed by atoms with Crippen LogP contribution < -0.4 is 20.7 Å². The molecule has 0 saturated heterocycles. The minimum atomic E-state index is -3.05. The van der Waals surface area contributed by atoms with Gasteiger partial charge in [0.05, 0.1) is 5.57 Å². The molecule has 2 heterocycles. The van der Waals surface area contributed by atoms with E-state index >= 15 is 0 Å². The van der Waals surface area contributed by atoms with E-state index in [1.165, 1.54) is 35.6 Å². The summed E-state index contributed by atoms with van der Waals surface area (Å²) in [6.07, 6.45) is 4.60.